The molecule has 3 rings (SSSR count). The predicted molar refractivity (Wildman–Crippen MR) is 65.0 cm³/mol. The Hall–Kier alpha value is -1.77. The summed E-state index contributed by atoms with van der Waals surface area (Å²) in [6.07, 6.45) is 7.94. The summed E-state index contributed by atoms with van der Waals surface area (Å²) in [5, 5.41) is 4.42. The van der Waals surface area contributed by atoms with E-state index in [2.05, 4.69) is 16.0 Å². The summed E-state index contributed by atoms with van der Waals surface area (Å²) in [4.78, 5) is 0. The van der Waals surface area contributed by atoms with Crippen molar-refractivity contribution in [1.82, 2.24) is 9.78 Å². The Balaban J connectivity index is 1.88. The van der Waals surface area contributed by atoms with Gasteiger partial charge in [0.05, 0.1) is 12.2 Å². The largest absolute Gasteiger partial charge is 0.399 e. The highest BCUT2D eigenvalue weighted by atomic mass is 15.3. The fraction of sp³-hybridized carbons (Fsp3) is 0.308. The second-order valence-corrected chi connectivity index (χ2v) is 4.42. The molecule has 0 amide bonds. The van der Waals surface area contributed by atoms with E-state index < -0.39 is 0 Å². The molecule has 1 saturated carbocycles. The van der Waals surface area contributed by atoms with Crippen LogP contribution in [0, 0.1) is 0 Å². The highest BCUT2D eigenvalue weighted by molar-refractivity contribution is 5.63. The standard InChI is InChI=1S/C13H15N3/c14-12-6-4-10(5-7-12)11-8-15-16(9-11)13-2-1-3-13/h4-9,13H,1-3,14H2. The maximum Gasteiger partial charge on any atom is 0.0568 e. The second-order valence-electron chi connectivity index (χ2n) is 4.42. The molecule has 0 aliphatic heterocycles. The predicted octanol–water partition coefficient (Wildman–Crippen LogP) is 2.86. The molecule has 1 fully saturated rings. The van der Waals surface area contributed by atoms with Crippen molar-refractivity contribution in [3.8, 4) is 11.1 Å². The van der Waals surface area contributed by atoms with Gasteiger partial charge in [0, 0.05) is 17.4 Å². The smallest absolute Gasteiger partial charge is 0.0568 e. The van der Waals surface area contributed by atoms with Crippen molar-refractivity contribution in [2.75, 3.05) is 5.73 Å². The number of rotatable bonds is 2. The summed E-state index contributed by atoms with van der Waals surface area (Å²) in [7, 11) is 0. The maximum atomic E-state index is 5.67. The quantitative estimate of drug-likeness (QED) is 0.779. The fourth-order valence-corrected chi connectivity index (χ4v) is 2.01. The van der Waals surface area contributed by atoms with E-state index in [0.717, 1.165) is 5.69 Å². The first kappa shape index (κ1) is 9.46. The molecule has 0 spiro atoms. The minimum atomic E-state index is 0.627. The Morgan fingerprint density at radius 3 is 2.50 bits per heavy atom. The minimum Gasteiger partial charge on any atom is -0.399 e. The van der Waals surface area contributed by atoms with Crippen LogP contribution in [0.15, 0.2) is 36.7 Å². The van der Waals surface area contributed by atoms with Gasteiger partial charge >= 0.3 is 0 Å². The number of anilines is 1. The number of benzene rings is 1. The Labute approximate surface area is 94.9 Å². The zero-order valence-electron chi connectivity index (χ0n) is 9.13. The molecule has 3 nitrogen and oxygen atoms in total. The summed E-state index contributed by atoms with van der Waals surface area (Å²) in [6, 6.07) is 8.56. The lowest BCUT2D eigenvalue weighted by molar-refractivity contribution is 0.289. The molecular formula is C13H15N3. The van der Waals surface area contributed by atoms with Gasteiger partial charge in [-0.3, -0.25) is 4.68 Å². The molecule has 3 heteroatoms. The summed E-state index contributed by atoms with van der Waals surface area (Å²) in [5.41, 5.74) is 8.82. The van der Waals surface area contributed by atoms with Gasteiger partial charge in [-0.2, -0.15) is 5.10 Å². The summed E-state index contributed by atoms with van der Waals surface area (Å²) in [5.74, 6) is 0. The van der Waals surface area contributed by atoms with E-state index in [4.69, 9.17) is 5.73 Å². The van der Waals surface area contributed by atoms with Crippen LogP contribution in [0.2, 0.25) is 0 Å². The third kappa shape index (κ3) is 1.58. The van der Waals surface area contributed by atoms with E-state index in [1.54, 1.807) is 0 Å². The van der Waals surface area contributed by atoms with Gasteiger partial charge in [0.1, 0.15) is 0 Å². The van der Waals surface area contributed by atoms with Gasteiger partial charge in [-0.25, -0.2) is 0 Å². The van der Waals surface area contributed by atoms with Crippen LogP contribution in [0.5, 0.6) is 0 Å². The lowest BCUT2D eigenvalue weighted by atomic mass is 9.93. The van der Waals surface area contributed by atoms with Crippen LogP contribution >= 0.6 is 0 Å². The molecule has 1 heterocycles. The molecule has 1 aromatic heterocycles. The number of hydrogen-bond acceptors (Lipinski definition) is 2. The Kier molecular flexibility index (Phi) is 2.17. The monoisotopic (exact) mass is 213 g/mol. The summed E-state index contributed by atoms with van der Waals surface area (Å²) >= 11 is 0. The third-order valence-electron chi connectivity index (χ3n) is 3.29. The highest BCUT2D eigenvalue weighted by Crippen LogP contribution is 2.32. The van der Waals surface area contributed by atoms with Gasteiger partial charge in [-0.15, -0.1) is 0 Å². The average Bonchev–Trinajstić information content (AvgIpc) is 2.65. The first-order chi connectivity index (χ1) is 7.83. The molecule has 1 aliphatic carbocycles. The van der Waals surface area contributed by atoms with E-state index in [1.807, 2.05) is 30.5 Å². The zero-order valence-corrected chi connectivity index (χ0v) is 9.13. The van der Waals surface area contributed by atoms with Crippen LogP contribution in [0.1, 0.15) is 25.3 Å². The molecule has 1 aliphatic rings. The van der Waals surface area contributed by atoms with Crippen molar-refractivity contribution in [3.05, 3.63) is 36.7 Å². The van der Waals surface area contributed by atoms with Crippen molar-refractivity contribution >= 4 is 5.69 Å². The molecule has 2 N–H and O–H groups in total. The van der Waals surface area contributed by atoms with E-state index in [1.165, 1.54) is 30.4 Å². The van der Waals surface area contributed by atoms with E-state index in [-0.39, 0.29) is 0 Å². The average molecular weight is 213 g/mol. The second kappa shape index (κ2) is 3.67. The van der Waals surface area contributed by atoms with Crippen LogP contribution in [-0.2, 0) is 0 Å². The molecule has 0 radical (unpaired) electrons. The highest BCUT2D eigenvalue weighted by Gasteiger charge is 2.19. The molecule has 0 bridgehead atoms. The molecule has 0 atom stereocenters. The van der Waals surface area contributed by atoms with E-state index in [0.29, 0.717) is 6.04 Å². The SMILES string of the molecule is Nc1ccc(-c2cnn(C3CCC3)c2)cc1. The number of nitrogens with two attached hydrogens (primary N) is 1. The van der Waals surface area contributed by atoms with Crippen LogP contribution in [0.3, 0.4) is 0 Å². The number of hydrogen-bond donors (Lipinski definition) is 1. The topological polar surface area (TPSA) is 43.8 Å². The normalized spacial score (nSPS) is 16.0. The third-order valence-corrected chi connectivity index (χ3v) is 3.29. The van der Waals surface area contributed by atoms with Crippen molar-refractivity contribution in [3.63, 3.8) is 0 Å². The van der Waals surface area contributed by atoms with Gasteiger partial charge in [-0.1, -0.05) is 12.1 Å². The maximum absolute atomic E-state index is 5.67. The van der Waals surface area contributed by atoms with E-state index in [9.17, 15) is 0 Å². The summed E-state index contributed by atoms with van der Waals surface area (Å²) in [6.45, 7) is 0. The van der Waals surface area contributed by atoms with Gasteiger partial charge in [0.15, 0.2) is 0 Å². The van der Waals surface area contributed by atoms with Gasteiger partial charge < -0.3 is 5.73 Å². The fourth-order valence-electron chi connectivity index (χ4n) is 2.01. The van der Waals surface area contributed by atoms with Crippen LogP contribution < -0.4 is 5.73 Å². The van der Waals surface area contributed by atoms with Gasteiger partial charge in [-0.05, 0) is 37.0 Å². The number of aromatic nitrogens is 2. The number of nitrogens with zero attached hydrogens (tertiary/aromatic N) is 2. The lowest BCUT2D eigenvalue weighted by Gasteiger charge is -2.25. The first-order valence-corrected chi connectivity index (χ1v) is 5.73. The Morgan fingerprint density at radius 2 is 1.88 bits per heavy atom. The van der Waals surface area contributed by atoms with Crippen molar-refractivity contribution in [2.45, 2.75) is 25.3 Å². The lowest BCUT2D eigenvalue weighted by Crippen LogP contribution is -2.16. The zero-order chi connectivity index (χ0) is 11.0. The van der Waals surface area contributed by atoms with Gasteiger partial charge in [0.25, 0.3) is 0 Å². The van der Waals surface area contributed by atoms with Crippen molar-refractivity contribution in [1.29, 1.82) is 0 Å². The summed E-state index contributed by atoms with van der Waals surface area (Å²) < 4.78 is 2.09. The minimum absolute atomic E-state index is 0.627. The van der Waals surface area contributed by atoms with Gasteiger partial charge in [0.2, 0.25) is 0 Å². The van der Waals surface area contributed by atoms with Crippen LogP contribution in [0.4, 0.5) is 5.69 Å². The Bertz CT molecular complexity index is 480. The van der Waals surface area contributed by atoms with E-state index >= 15 is 0 Å². The van der Waals surface area contributed by atoms with Crippen molar-refractivity contribution in [2.24, 2.45) is 0 Å². The molecule has 1 aromatic carbocycles. The van der Waals surface area contributed by atoms with Crippen LogP contribution in [0.25, 0.3) is 11.1 Å². The molecule has 0 unspecified atom stereocenters. The first-order valence-electron chi connectivity index (χ1n) is 5.73. The molecule has 82 valence electrons. The molecule has 2 aromatic rings. The molecule has 0 saturated heterocycles. The van der Waals surface area contributed by atoms with Crippen molar-refractivity contribution < 1.29 is 0 Å². The van der Waals surface area contributed by atoms with Crippen LogP contribution in [-0.4, -0.2) is 9.78 Å². The molecular weight excluding hydrogens is 198 g/mol. The molecule has 16 heavy (non-hydrogen) atoms. The Morgan fingerprint density at radius 1 is 1.12 bits per heavy atom. The number of nitrogen functional groups attached to an aromatic ring is 1.